The van der Waals surface area contributed by atoms with Gasteiger partial charge in [0, 0.05) is 5.69 Å². The number of nitrogens with one attached hydrogen (secondary N) is 1. The van der Waals surface area contributed by atoms with Crippen molar-refractivity contribution in [2.75, 3.05) is 16.8 Å². The van der Waals surface area contributed by atoms with Crippen LogP contribution in [0.5, 0.6) is 5.75 Å². The van der Waals surface area contributed by atoms with Crippen LogP contribution in [0.15, 0.2) is 72.4 Å². The molecule has 0 aromatic heterocycles. The Morgan fingerprint density at radius 2 is 1.47 bits per heavy atom. The number of hydrogen-bond acceptors (Lipinski definition) is 4. The summed E-state index contributed by atoms with van der Waals surface area (Å²) in [6.45, 7) is 8.44. The fourth-order valence-electron chi connectivity index (χ4n) is 3.81. The highest BCUT2D eigenvalue weighted by atomic mass is 16.5. The molecule has 0 bridgehead atoms. The van der Waals surface area contributed by atoms with Gasteiger partial charge in [0.1, 0.15) is 11.4 Å². The predicted octanol–water partition coefficient (Wildman–Crippen LogP) is 5.41. The smallest absolute Gasteiger partial charge is 0.282 e. The van der Waals surface area contributed by atoms with Gasteiger partial charge in [0.05, 0.1) is 17.9 Å². The van der Waals surface area contributed by atoms with Crippen molar-refractivity contribution in [1.82, 2.24) is 0 Å². The molecule has 0 saturated heterocycles. The molecule has 5 nitrogen and oxygen atoms in total. The van der Waals surface area contributed by atoms with Gasteiger partial charge in [-0.25, -0.2) is 4.90 Å². The van der Waals surface area contributed by atoms with Crippen molar-refractivity contribution in [3.05, 3.63) is 94.7 Å². The fourth-order valence-corrected chi connectivity index (χ4v) is 3.81. The molecule has 32 heavy (non-hydrogen) atoms. The maximum absolute atomic E-state index is 13.5. The quantitative estimate of drug-likeness (QED) is 0.536. The van der Waals surface area contributed by atoms with Crippen molar-refractivity contribution in [1.29, 1.82) is 0 Å². The first kappa shape index (κ1) is 21.4. The molecular weight excluding hydrogens is 400 g/mol. The first-order chi connectivity index (χ1) is 15.4. The number of benzene rings is 3. The van der Waals surface area contributed by atoms with Crippen LogP contribution in [0.3, 0.4) is 0 Å². The summed E-state index contributed by atoms with van der Waals surface area (Å²) in [7, 11) is 0. The molecule has 0 saturated carbocycles. The largest absolute Gasteiger partial charge is 0.494 e. The summed E-state index contributed by atoms with van der Waals surface area (Å²) >= 11 is 0. The second kappa shape index (κ2) is 8.71. The molecule has 0 spiro atoms. The van der Waals surface area contributed by atoms with Crippen molar-refractivity contribution in [3.8, 4) is 5.75 Å². The zero-order valence-corrected chi connectivity index (χ0v) is 18.7. The number of anilines is 2. The summed E-state index contributed by atoms with van der Waals surface area (Å²) in [5, 5.41) is 3.25. The highest BCUT2D eigenvalue weighted by Crippen LogP contribution is 2.35. The van der Waals surface area contributed by atoms with Gasteiger partial charge in [0.15, 0.2) is 0 Å². The topological polar surface area (TPSA) is 58.6 Å². The van der Waals surface area contributed by atoms with Gasteiger partial charge < -0.3 is 10.1 Å². The minimum Gasteiger partial charge on any atom is -0.494 e. The number of nitrogens with zero attached hydrogens (tertiary/aromatic N) is 1. The Hall–Kier alpha value is -3.86. The first-order valence-electron chi connectivity index (χ1n) is 10.7. The zero-order chi connectivity index (χ0) is 22.8. The SMILES string of the molecule is CCOc1ccc(N2C(=O)C(Nc3ccc(C)cc3C)=C(c3ccc(C)cc3)C2=O)cc1. The van der Waals surface area contributed by atoms with Crippen LogP contribution in [0.1, 0.15) is 29.2 Å². The van der Waals surface area contributed by atoms with Crippen LogP contribution in [0.2, 0.25) is 0 Å². The first-order valence-corrected chi connectivity index (χ1v) is 10.7. The molecule has 5 heteroatoms. The van der Waals surface area contributed by atoms with E-state index in [1.807, 2.05) is 70.2 Å². The summed E-state index contributed by atoms with van der Waals surface area (Å²) in [5.74, 6) is -0.0410. The molecule has 2 amide bonds. The van der Waals surface area contributed by atoms with Crippen LogP contribution in [-0.2, 0) is 9.59 Å². The Labute approximate surface area is 188 Å². The van der Waals surface area contributed by atoms with Gasteiger partial charge in [-0.3, -0.25) is 9.59 Å². The number of ether oxygens (including phenoxy) is 1. The van der Waals surface area contributed by atoms with E-state index in [-0.39, 0.29) is 17.5 Å². The Morgan fingerprint density at radius 3 is 2.09 bits per heavy atom. The van der Waals surface area contributed by atoms with Crippen molar-refractivity contribution < 1.29 is 14.3 Å². The molecule has 1 N–H and O–H groups in total. The van der Waals surface area contributed by atoms with E-state index >= 15 is 0 Å². The molecule has 162 valence electrons. The molecule has 1 aliphatic rings. The van der Waals surface area contributed by atoms with Gasteiger partial charge in [-0.1, -0.05) is 47.5 Å². The maximum Gasteiger partial charge on any atom is 0.282 e. The Balaban J connectivity index is 1.78. The lowest BCUT2D eigenvalue weighted by atomic mass is 10.0. The standard InChI is InChI=1S/C27H26N2O3/c1-5-32-22-13-11-21(12-14-22)29-26(30)24(20-9-6-17(2)7-10-20)25(27(29)31)28-23-15-8-18(3)16-19(23)4/h6-16,28H,5H2,1-4H3. The average molecular weight is 427 g/mol. The van der Waals surface area contributed by atoms with E-state index in [9.17, 15) is 9.59 Å². The van der Waals surface area contributed by atoms with Crippen LogP contribution >= 0.6 is 0 Å². The second-order valence-electron chi connectivity index (χ2n) is 7.93. The number of rotatable bonds is 6. The Bertz CT molecular complexity index is 1210. The van der Waals surface area contributed by atoms with Crippen LogP contribution in [0, 0.1) is 20.8 Å². The van der Waals surface area contributed by atoms with Gasteiger partial charge >= 0.3 is 0 Å². The van der Waals surface area contributed by atoms with Gasteiger partial charge in [0.2, 0.25) is 0 Å². The summed E-state index contributed by atoms with van der Waals surface area (Å²) in [5.41, 5.74) is 5.86. The van der Waals surface area contributed by atoms with Crippen LogP contribution in [-0.4, -0.2) is 18.4 Å². The van der Waals surface area contributed by atoms with E-state index in [1.165, 1.54) is 4.90 Å². The molecule has 0 atom stereocenters. The summed E-state index contributed by atoms with van der Waals surface area (Å²) in [6.07, 6.45) is 0. The number of hydrogen-bond donors (Lipinski definition) is 1. The van der Waals surface area contributed by atoms with Crippen molar-refractivity contribution in [2.45, 2.75) is 27.7 Å². The van der Waals surface area contributed by atoms with E-state index in [2.05, 4.69) is 5.32 Å². The Morgan fingerprint density at radius 1 is 0.812 bits per heavy atom. The number of carbonyl (C=O) groups is 2. The van der Waals surface area contributed by atoms with Crippen molar-refractivity contribution in [2.24, 2.45) is 0 Å². The lowest BCUT2D eigenvalue weighted by Gasteiger charge is -2.16. The molecule has 0 unspecified atom stereocenters. The molecular formula is C27H26N2O3. The van der Waals surface area contributed by atoms with E-state index in [4.69, 9.17) is 4.74 Å². The second-order valence-corrected chi connectivity index (χ2v) is 7.93. The third kappa shape index (κ3) is 4.02. The number of imide groups is 1. The van der Waals surface area contributed by atoms with Crippen molar-refractivity contribution >= 4 is 28.8 Å². The lowest BCUT2D eigenvalue weighted by molar-refractivity contribution is -0.120. The van der Waals surface area contributed by atoms with Gasteiger partial charge in [-0.15, -0.1) is 0 Å². The van der Waals surface area contributed by atoms with Crippen LogP contribution in [0.25, 0.3) is 5.57 Å². The molecule has 1 aliphatic heterocycles. The minimum absolute atomic E-state index is 0.277. The predicted molar refractivity (Wildman–Crippen MR) is 128 cm³/mol. The molecule has 4 rings (SSSR count). The molecule has 0 radical (unpaired) electrons. The highest BCUT2D eigenvalue weighted by Gasteiger charge is 2.40. The lowest BCUT2D eigenvalue weighted by Crippen LogP contribution is -2.32. The molecule has 0 fully saturated rings. The van der Waals surface area contributed by atoms with E-state index in [1.54, 1.807) is 24.3 Å². The molecule has 3 aromatic carbocycles. The fraction of sp³-hybridized carbons (Fsp3) is 0.185. The highest BCUT2D eigenvalue weighted by molar-refractivity contribution is 6.46. The minimum atomic E-state index is -0.380. The third-order valence-electron chi connectivity index (χ3n) is 5.47. The molecule has 3 aromatic rings. The van der Waals surface area contributed by atoms with E-state index in [0.29, 0.717) is 29.2 Å². The third-order valence-corrected chi connectivity index (χ3v) is 5.47. The Kier molecular flexibility index (Phi) is 5.82. The monoisotopic (exact) mass is 426 g/mol. The maximum atomic E-state index is 13.5. The summed E-state index contributed by atoms with van der Waals surface area (Å²) in [4.78, 5) is 28.3. The molecule has 0 aliphatic carbocycles. The van der Waals surface area contributed by atoms with Crippen LogP contribution in [0.4, 0.5) is 11.4 Å². The molecule has 1 heterocycles. The summed E-state index contributed by atoms with van der Waals surface area (Å²) in [6, 6.07) is 20.6. The normalized spacial score (nSPS) is 13.7. The van der Waals surface area contributed by atoms with Gasteiger partial charge in [-0.05, 0) is 69.2 Å². The van der Waals surface area contributed by atoms with E-state index in [0.717, 1.165) is 22.4 Å². The van der Waals surface area contributed by atoms with E-state index < -0.39 is 0 Å². The zero-order valence-electron chi connectivity index (χ0n) is 18.7. The van der Waals surface area contributed by atoms with Crippen LogP contribution < -0.4 is 15.0 Å². The number of aryl methyl sites for hydroxylation is 3. The van der Waals surface area contributed by atoms with Gasteiger partial charge in [-0.2, -0.15) is 0 Å². The number of amides is 2. The number of carbonyl (C=O) groups excluding carboxylic acids is 2. The summed E-state index contributed by atoms with van der Waals surface area (Å²) < 4.78 is 5.49. The van der Waals surface area contributed by atoms with Crippen molar-refractivity contribution in [3.63, 3.8) is 0 Å². The average Bonchev–Trinajstić information content (AvgIpc) is 3.01. The van der Waals surface area contributed by atoms with Gasteiger partial charge in [0.25, 0.3) is 11.8 Å².